The van der Waals surface area contributed by atoms with Crippen LogP contribution in [0.3, 0.4) is 0 Å². The van der Waals surface area contributed by atoms with Crippen molar-refractivity contribution in [3.8, 4) is 6.07 Å². The first kappa shape index (κ1) is 17.2. The van der Waals surface area contributed by atoms with Crippen molar-refractivity contribution in [2.24, 2.45) is 5.41 Å². The van der Waals surface area contributed by atoms with E-state index in [4.69, 9.17) is 5.26 Å². The SMILES string of the molecule is CC(C(=O)Nc1cccc(NC(=O)C(C)(C)C#N)c1)n1cccn1. The summed E-state index contributed by atoms with van der Waals surface area (Å²) in [6.45, 7) is 4.82. The Bertz CT molecular complexity index is 775. The van der Waals surface area contributed by atoms with E-state index in [0.29, 0.717) is 11.4 Å². The summed E-state index contributed by atoms with van der Waals surface area (Å²) < 4.78 is 1.55. The summed E-state index contributed by atoms with van der Waals surface area (Å²) in [5.74, 6) is -0.627. The Labute approximate surface area is 140 Å². The molecule has 0 radical (unpaired) electrons. The fourth-order valence-corrected chi connectivity index (χ4v) is 1.89. The van der Waals surface area contributed by atoms with Gasteiger partial charge in [0.2, 0.25) is 11.8 Å². The topological polar surface area (TPSA) is 99.8 Å². The first-order valence-electron chi connectivity index (χ1n) is 7.46. The Morgan fingerprint density at radius 3 is 2.50 bits per heavy atom. The second-order valence-electron chi connectivity index (χ2n) is 5.92. The molecule has 1 aromatic carbocycles. The molecular formula is C17H19N5O2. The minimum absolute atomic E-state index is 0.223. The lowest BCUT2D eigenvalue weighted by atomic mass is 9.94. The summed E-state index contributed by atoms with van der Waals surface area (Å²) in [5, 5.41) is 18.5. The van der Waals surface area contributed by atoms with Crippen molar-refractivity contribution in [3.63, 3.8) is 0 Å². The van der Waals surface area contributed by atoms with Crippen LogP contribution in [0, 0.1) is 16.7 Å². The van der Waals surface area contributed by atoms with Gasteiger partial charge in [0, 0.05) is 23.8 Å². The van der Waals surface area contributed by atoms with Gasteiger partial charge in [-0.3, -0.25) is 14.3 Å². The van der Waals surface area contributed by atoms with Crippen molar-refractivity contribution in [3.05, 3.63) is 42.7 Å². The number of hydrogen-bond donors (Lipinski definition) is 2. The molecule has 2 rings (SSSR count). The molecule has 2 aromatic rings. The van der Waals surface area contributed by atoms with Gasteiger partial charge in [0.15, 0.2) is 0 Å². The zero-order valence-electron chi connectivity index (χ0n) is 13.8. The van der Waals surface area contributed by atoms with Crippen LogP contribution in [0.4, 0.5) is 11.4 Å². The van der Waals surface area contributed by atoms with Crippen molar-refractivity contribution in [1.29, 1.82) is 5.26 Å². The smallest absolute Gasteiger partial charge is 0.248 e. The minimum atomic E-state index is -1.13. The molecule has 7 heteroatoms. The molecule has 2 N–H and O–H groups in total. The van der Waals surface area contributed by atoms with E-state index in [0.717, 1.165) is 0 Å². The van der Waals surface area contributed by atoms with Gasteiger partial charge >= 0.3 is 0 Å². The third-order valence-corrected chi connectivity index (χ3v) is 3.54. The fraction of sp³-hybridized carbons (Fsp3) is 0.294. The molecule has 7 nitrogen and oxygen atoms in total. The highest BCUT2D eigenvalue weighted by Gasteiger charge is 2.27. The number of carbonyl (C=O) groups excluding carboxylic acids is 2. The zero-order chi connectivity index (χ0) is 17.7. The second-order valence-corrected chi connectivity index (χ2v) is 5.92. The molecule has 0 fully saturated rings. The number of carbonyl (C=O) groups is 2. The normalized spacial score (nSPS) is 12.1. The number of aromatic nitrogens is 2. The summed E-state index contributed by atoms with van der Waals surface area (Å²) in [6.07, 6.45) is 3.32. The van der Waals surface area contributed by atoms with Crippen LogP contribution < -0.4 is 10.6 Å². The van der Waals surface area contributed by atoms with Crippen molar-refractivity contribution < 1.29 is 9.59 Å². The molecule has 1 atom stereocenters. The lowest BCUT2D eigenvalue weighted by Crippen LogP contribution is -2.29. The summed E-state index contributed by atoms with van der Waals surface area (Å²) in [7, 11) is 0. The van der Waals surface area contributed by atoms with Gasteiger partial charge < -0.3 is 10.6 Å². The number of rotatable bonds is 5. The van der Waals surface area contributed by atoms with Crippen LogP contribution in [-0.2, 0) is 9.59 Å². The van der Waals surface area contributed by atoms with Crippen LogP contribution in [0.5, 0.6) is 0 Å². The molecule has 0 spiro atoms. The minimum Gasteiger partial charge on any atom is -0.325 e. The lowest BCUT2D eigenvalue weighted by Gasteiger charge is -2.16. The van der Waals surface area contributed by atoms with Crippen LogP contribution in [-0.4, -0.2) is 21.6 Å². The first-order chi connectivity index (χ1) is 11.3. The highest BCUT2D eigenvalue weighted by atomic mass is 16.2. The first-order valence-corrected chi connectivity index (χ1v) is 7.46. The van der Waals surface area contributed by atoms with Crippen molar-refractivity contribution >= 4 is 23.2 Å². The highest BCUT2D eigenvalue weighted by molar-refractivity contribution is 5.98. The highest BCUT2D eigenvalue weighted by Crippen LogP contribution is 2.20. The van der Waals surface area contributed by atoms with Gasteiger partial charge in [0.1, 0.15) is 11.5 Å². The third-order valence-electron chi connectivity index (χ3n) is 3.54. The number of benzene rings is 1. The number of hydrogen-bond acceptors (Lipinski definition) is 4. The van der Waals surface area contributed by atoms with Crippen LogP contribution >= 0.6 is 0 Å². The molecule has 0 aliphatic carbocycles. The molecule has 0 aliphatic rings. The van der Waals surface area contributed by atoms with E-state index in [-0.39, 0.29) is 5.91 Å². The predicted octanol–water partition coefficient (Wildman–Crippen LogP) is 2.57. The number of anilines is 2. The van der Waals surface area contributed by atoms with E-state index in [1.54, 1.807) is 68.2 Å². The lowest BCUT2D eigenvalue weighted by molar-refractivity contribution is -0.121. The van der Waals surface area contributed by atoms with Crippen LogP contribution in [0.1, 0.15) is 26.8 Å². The van der Waals surface area contributed by atoms with Gasteiger partial charge in [-0.15, -0.1) is 0 Å². The van der Waals surface area contributed by atoms with Gasteiger partial charge in [0.05, 0.1) is 6.07 Å². The molecule has 0 aliphatic heterocycles. The largest absolute Gasteiger partial charge is 0.325 e. The summed E-state index contributed by atoms with van der Waals surface area (Å²) in [6, 6.07) is 9.99. The summed E-state index contributed by atoms with van der Waals surface area (Å²) in [4.78, 5) is 24.3. The maximum atomic E-state index is 12.2. The molecule has 2 amide bonds. The van der Waals surface area contributed by atoms with Gasteiger partial charge in [-0.2, -0.15) is 10.4 Å². The standard InChI is InChI=1S/C17H19N5O2/c1-12(22-9-5-8-19-22)15(23)20-13-6-4-7-14(10-13)21-16(24)17(2,3)11-18/h4-10,12H,1-3H3,(H,20,23)(H,21,24). The second kappa shape index (κ2) is 6.96. The van der Waals surface area contributed by atoms with E-state index in [1.807, 2.05) is 6.07 Å². The van der Waals surface area contributed by atoms with Crippen molar-refractivity contribution in [2.75, 3.05) is 10.6 Å². The quantitative estimate of drug-likeness (QED) is 0.882. The molecule has 0 saturated carbocycles. The van der Waals surface area contributed by atoms with Crippen molar-refractivity contribution in [1.82, 2.24) is 9.78 Å². The van der Waals surface area contributed by atoms with Gasteiger partial charge in [-0.25, -0.2) is 0 Å². The Morgan fingerprint density at radius 1 is 1.25 bits per heavy atom. The fourth-order valence-electron chi connectivity index (χ4n) is 1.89. The van der Waals surface area contributed by atoms with E-state index in [1.165, 1.54) is 0 Å². The maximum absolute atomic E-state index is 12.2. The maximum Gasteiger partial charge on any atom is 0.248 e. The third kappa shape index (κ3) is 3.98. The van der Waals surface area contributed by atoms with E-state index in [9.17, 15) is 9.59 Å². The molecule has 1 aromatic heterocycles. The molecule has 24 heavy (non-hydrogen) atoms. The van der Waals surface area contributed by atoms with Gasteiger partial charge in [-0.1, -0.05) is 6.07 Å². The van der Waals surface area contributed by atoms with Crippen molar-refractivity contribution in [2.45, 2.75) is 26.8 Å². The zero-order valence-corrected chi connectivity index (χ0v) is 13.8. The van der Waals surface area contributed by atoms with Gasteiger partial charge in [-0.05, 0) is 45.0 Å². The van der Waals surface area contributed by atoms with E-state index in [2.05, 4.69) is 15.7 Å². The van der Waals surface area contributed by atoms with E-state index >= 15 is 0 Å². The number of nitrogens with one attached hydrogen (secondary N) is 2. The molecule has 0 saturated heterocycles. The average Bonchev–Trinajstić information content (AvgIpc) is 3.08. The number of nitriles is 1. The Kier molecular flexibility index (Phi) is 4.99. The Hall–Kier alpha value is -3.14. The Morgan fingerprint density at radius 2 is 1.92 bits per heavy atom. The summed E-state index contributed by atoms with van der Waals surface area (Å²) in [5.41, 5.74) is -0.0761. The Balaban J connectivity index is 2.07. The molecular weight excluding hydrogens is 306 g/mol. The molecule has 124 valence electrons. The monoisotopic (exact) mass is 325 g/mol. The number of amides is 2. The van der Waals surface area contributed by atoms with E-state index < -0.39 is 17.4 Å². The average molecular weight is 325 g/mol. The predicted molar refractivity (Wildman–Crippen MR) is 90.0 cm³/mol. The van der Waals surface area contributed by atoms with Gasteiger partial charge in [0.25, 0.3) is 0 Å². The van der Waals surface area contributed by atoms with Crippen LogP contribution in [0.25, 0.3) is 0 Å². The number of nitrogens with zero attached hydrogens (tertiary/aromatic N) is 3. The molecule has 0 bridgehead atoms. The summed E-state index contributed by atoms with van der Waals surface area (Å²) >= 11 is 0. The van der Waals surface area contributed by atoms with Crippen LogP contribution in [0.15, 0.2) is 42.7 Å². The molecule has 1 unspecified atom stereocenters. The molecule has 1 heterocycles. The van der Waals surface area contributed by atoms with Crippen LogP contribution in [0.2, 0.25) is 0 Å².